The summed E-state index contributed by atoms with van der Waals surface area (Å²) in [5.41, 5.74) is 6.18. The molecule has 0 aromatic heterocycles. The molecule has 0 bridgehead atoms. The molecule has 0 saturated heterocycles. The first-order chi connectivity index (χ1) is 5.54. The van der Waals surface area contributed by atoms with Gasteiger partial charge < -0.3 is 5.73 Å². The van der Waals surface area contributed by atoms with E-state index in [9.17, 15) is 0 Å². The zero-order valence-corrected chi connectivity index (χ0v) is 7.76. The number of thiol groups is 1. The Balaban J connectivity index is 0.000000261. The van der Waals surface area contributed by atoms with Gasteiger partial charge >= 0.3 is 0 Å². The summed E-state index contributed by atoms with van der Waals surface area (Å²) in [5, 5.41) is 0. The van der Waals surface area contributed by atoms with Gasteiger partial charge in [-0.1, -0.05) is 12.1 Å². The average Bonchev–Trinajstić information content (AvgIpc) is 1.94. The smallest absolute Gasteiger partial charge is 0.299 e. The number of benzene rings is 1. The van der Waals surface area contributed by atoms with Gasteiger partial charge in [0.05, 0.1) is 0 Å². The molecule has 0 aliphatic rings. The molecule has 0 spiro atoms. The Morgan fingerprint density at radius 2 is 1.75 bits per heavy atom. The molecule has 1 aromatic rings. The number of para-hydroxylation sites is 1. The van der Waals surface area contributed by atoms with E-state index in [1.54, 1.807) is 0 Å². The van der Waals surface area contributed by atoms with Crippen molar-refractivity contribution in [3.8, 4) is 0 Å². The Morgan fingerprint density at radius 3 is 2.00 bits per heavy atom. The van der Waals surface area contributed by atoms with Gasteiger partial charge in [0.15, 0.2) is 0 Å². The van der Waals surface area contributed by atoms with Gasteiger partial charge in [0.1, 0.15) is 0 Å². The van der Waals surface area contributed by atoms with Gasteiger partial charge in [-0.25, -0.2) is 0 Å². The zero-order valence-electron chi connectivity index (χ0n) is 6.04. The molecule has 68 valence electrons. The Hall–Kier alpha value is -0.560. The van der Waals surface area contributed by atoms with Gasteiger partial charge in [0, 0.05) is 10.6 Å². The predicted molar refractivity (Wildman–Crippen MR) is 51.5 cm³/mol. The molecule has 4 nitrogen and oxygen atoms in total. The van der Waals surface area contributed by atoms with Crippen LogP contribution in [0.25, 0.3) is 0 Å². The molecule has 0 fully saturated rings. The monoisotopic (exact) mass is 207 g/mol. The molecule has 1 aromatic carbocycles. The van der Waals surface area contributed by atoms with Crippen molar-refractivity contribution in [1.82, 2.24) is 0 Å². The fourth-order valence-corrected chi connectivity index (χ4v) is 0.648. The molecule has 0 atom stereocenters. The van der Waals surface area contributed by atoms with E-state index in [-0.39, 0.29) is 0 Å². The Labute approximate surface area is 78.3 Å². The van der Waals surface area contributed by atoms with Crippen molar-refractivity contribution in [2.24, 2.45) is 0 Å². The number of nitrogens with two attached hydrogens (primary N) is 1. The lowest BCUT2D eigenvalue weighted by Gasteiger charge is -1.92. The summed E-state index contributed by atoms with van der Waals surface area (Å²) in [6.07, 6.45) is 0. The standard InChI is InChI=1S/C6H7NS.H2O3S/c7-5-3-1-2-4-6(5)8;1-4(2)3/h1-4,8H,7H2;(H2,1,2,3). The summed E-state index contributed by atoms with van der Waals surface area (Å²) < 4.78 is 22.8. The molecule has 0 heterocycles. The molecular weight excluding hydrogens is 198 g/mol. The van der Waals surface area contributed by atoms with Crippen molar-refractivity contribution in [3.63, 3.8) is 0 Å². The van der Waals surface area contributed by atoms with Crippen LogP contribution in [-0.2, 0) is 11.4 Å². The van der Waals surface area contributed by atoms with Crippen LogP contribution in [0.2, 0.25) is 0 Å². The van der Waals surface area contributed by atoms with E-state index in [0.717, 1.165) is 10.6 Å². The summed E-state index contributed by atoms with van der Waals surface area (Å²) in [4.78, 5) is 0.840. The summed E-state index contributed by atoms with van der Waals surface area (Å²) >= 11 is 1.46. The molecule has 0 aliphatic heterocycles. The van der Waals surface area contributed by atoms with E-state index >= 15 is 0 Å². The second-order valence-corrected chi connectivity index (χ2v) is 2.73. The summed E-state index contributed by atoms with van der Waals surface area (Å²) in [5.74, 6) is 0. The van der Waals surface area contributed by atoms with Crippen LogP contribution in [0, 0.1) is 0 Å². The van der Waals surface area contributed by atoms with E-state index in [1.807, 2.05) is 24.3 Å². The summed E-state index contributed by atoms with van der Waals surface area (Å²) in [7, 11) is 0. The molecule has 0 radical (unpaired) electrons. The highest BCUT2D eigenvalue weighted by molar-refractivity contribution is 7.80. The zero-order chi connectivity index (χ0) is 9.56. The summed E-state index contributed by atoms with van der Waals surface area (Å²) in [6, 6.07) is 7.47. The third-order valence-electron chi connectivity index (χ3n) is 0.937. The fourth-order valence-electron chi connectivity index (χ4n) is 0.488. The van der Waals surface area contributed by atoms with E-state index < -0.39 is 11.4 Å². The van der Waals surface area contributed by atoms with E-state index in [2.05, 4.69) is 12.6 Å². The van der Waals surface area contributed by atoms with Crippen LogP contribution in [-0.4, -0.2) is 13.3 Å². The largest absolute Gasteiger partial charge is 0.398 e. The topological polar surface area (TPSA) is 83.6 Å². The minimum atomic E-state index is -2.61. The van der Waals surface area contributed by atoms with Crippen LogP contribution in [0.1, 0.15) is 0 Å². The number of anilines is 1. The fraction of sp³-hybridized carbons (Fsp3) is 0. The second-order valence-electron chi connectivity index (χ2n) is 1.79. The molecule has 12 heavy (non-hydrogen) atoms. The number of hydrogen-bond donors (Lipinski definition) is 4. The molecule has 0 saturated carbocycles. The number of rotatable bonds is 0. The normalized spacial score (nSPS) is 9.00. The summed E-state index contributed by atoms with van der Waals surface area (Å²) in [6.45, 7) is 0. The molecule has 4 N–H and O–H groups in total. The average molecular weight is 207 g/mol. The van der Waals surface area contributed by atoms with Crippen molar-refractivity contribution in [1.29, 1.82) is 0 Å². The first-order valence-corrected chi connectivity index (χ1v) is 4.38. The van der Waals surface area contributed by atoms with E-state index in [1.165, 1.54) is 0 Å². The van der Waals surface area contributed by atoms with Crippen LogP contribution in [0.5, 0.6) is 0 Å². The van der Waals surface area contributed by atoms with E-state index in [0.29, 0.717) is 0 Å². The first kappa shape index (κ1) is 11.4. The Bertz CT molecular complexity index is 242. The van der Waals surface area contributed by atoms with Gasteiger partial charge in [-0.15, -0.1) is 12.6 Å². The van der Waals surface area contributed by atoms with Crippen LogP contribution in [0.4, 0.5) is 5.69 Å². The van der Waals surface area contributed by atoms with Gasteiger partial charge in [-0.05, 0) is 12.1 Å². The SMILES string of the molecule is Nc1ccccc1S.O=S(O)O. The lowest BCUT2D eigenvalue weighted by atomic mass is 10.3. The highest BCUT2D eigenvalue weighted by Crippen LogP contribution is 2.13. The first-order valence-electron chi connectivity index (χ1n) is 2.87. The molecule has 0 unspecified atom stereocenters. The highest BCUT2D eigenvalue weighted by Gasteiger charge is 1.85. The maximum Gasteiger partial charge on any atom is 0.299 e. The third kappa shape index (κ3) is 6.17. The quantitative estimate of drug-likeness (QED) is 0.293. The van der Waals surface area contributed by atoms with Gasteiger partial charge in [0.25, 0.3) is 11.4 Å². The molecule has 1 rings (SSSR count). The maximum absolute atomic E-state index is 8.67. The van der Waals surface area contributed by atoms with Gasteiger partial charge in [0.2, 0.25) is 0 Å². The van der Waals surface area contributed by atoms with Crippen LogP contribution < -0.4 is 5.73 Å². The van der Waals surface area contributed by atoms with Crippen molar-refractivity contribution < 1.29 is 13.3 Å². The predicted octanol–water partition coefficient (Wildman–Crippen LogP) is 1.24. The highest BCUT2D eigenvalue weighted by atomic mass is 32.2. The third-order valence-corrected chi connectivity index (χ3v) is 1.34. The lowest BCUT2D eigenvalue weighted by molar-refractivity contribution is 0.454. The van der Waals surface area contributed by atoms with Gasteiger partial charge in [-0.2, -0.15) is 4.21 Å². The van der Waals surface area contributed by atoms with Gasteiger partial charge in [-0.3, -0.25) is 9.11 Å². The molecule has 0 aliphatic carbocycles. The number of nitrogen functional groups attached to an aromatic ring is 1. The minimum Gasteiger partial charge on any atom is -0.398 e. The second kappa shape index (κ2) is 6.01. The van der Waals surface area contributed by atoms with Crippen LogP contribution in [0.3, 0.4) is 0 Å². The van der Waals surface area contributed by atoms with Crippen molar-refractivity contribution in [3.05, 3.63) is 24.3 Å². The molecule has 6 heteroatoms. The van der Waals surface area contributed by atoms with Crippen molar-refractivity contribution in [2.45, 2.75) is 4.90 Å². The Morgan fingerprint density at radius 1 is 1.33 bits per heavy atom. The van der Waals surface area contributed by atoms with Crippen molar-refractivity contribution in [2.75, 3.05) is 5.73 Å². The van der Waals surface area contributed by atoms with Crippen molar-refractivity contribution >= 4 is 29.7 Å². The number of hydrogen-bond acceptors (Lipinski definition) is 3. The minimum absolute atomic E-state index is 0.732. The molecule has 0 amide bonds. The van der Waals surface area contributed by atoms with Crippen LogP contribution >= 0.6 is 12.6 Å². The lowest BCUT2D eigenvalue weighted by Crippen LogP contribution is -1.83. The Kier molecular flexibility index (Phi) is 5.73. The maximum atomic E-state index is 8.67. The molecular formula is C6H9NO3S2. The van der Waals surface area contributed by atoms with E-state index in [4.69, 9.17) is 19.0 Å². The van der Waals surface area contributed by atoms with Crippen LogP contribution in [0.15, 0.2) is 29.2 Å².